The molecule has 2 amide bonds. The van der Waals surface area contributed by atoms with Crippen molar-refractivity contribution in [2.24, 2.45) is 23.7 Å². The maximum Gasteiger partial charge on any atom is 0.407 e. The van der Waals surface area contributed by atoms with E-state index < -0.39 is 11.6 Å². The van der Waals surface area contributed by atoms with Crippen LogP contribution in [0.4, 0.5) is 4.79 Å². The number of alkyl carbamates (subject to hydrolysis) is 1. The molecule has 184 valence electrons. The van der Waals surface area contributed by atoms with Gasteiger partial charge in [-0.1, -0.05) is 33.6 Å². The molecule has 3 aliphatic carbocycles. The van der Waals surface area contributed by atoms with Crippen LogP contribution in [-0.4, -0.2) is 47.1 Å². The van der Waals surface area contributed by atoms with Crippen LogP contribution in [0.3, 0.4) is 0 Å². The molecule has 2 N–H and O–H groups in total. The lowest BCUT2D eigenvalue weighted by Crippen LogP contribution is -2.57. The molecule has 3 saturated carbocycles. The van der Waals surface area contributed by atoms with Crippen molar-refractivity contribution in [2.75, 3.05) is 13.7 Å². The highest BCUT2D eigenvalue weighted by Gasteiger charge is 2.47. The summed E-state index contributed by atoms with van der Waals surface area (Å²) in [6.45, 7) is 10.5. The Balaban J connectivity index is 1.72. The van der Waals surface area contributed by atoms with E-state index in [1.54, 1.807) is 23.2 Å². The molecular formula is C25H40N4O4. The van der Waals surface area contributed by atoms with Gasteiger partial charge in [-0.3, -0.25) is 4.79 Å². The number of nitrogens with zero attached hydrogens (tertiary/aromatic N) is 2. The zero-order chi connectivity index (χ0) is 24.2. The Morgan fingerprint density at radius 1 is 1.27 bits per heavy atom. The van der Waals surface area contributed by atoms with Crippen LogP contribution in [-0.2, 0) is 4.74 Å². The Kier molecular flexibility index (Phi) is 8.08. The summed E-state index contributed by atoms with van der Waals surface area (Å²) in [4.78, 5) is 24.8. The van der Waals surface area contributed by atoms with E-state index in [0.29, 0.717) is 35.8 Å². The average Bonchev–Trinajstić information content (AvgIpc) is 3.17. The van der Waals surface area contributed by atoms with Crippen molar-refractivity contribution in [3.05, 3.63) is 17.8 Å². The van der Waals surface area contributed by atoms with E-state index in [1.165, 1.54) is 39.2 Å². The summed E-state index contributed by atoms with van der Waals surface area (Å²) in [6.07, 6.45) is 10.7. The smallest absolute Gasteiger partial charge is 0.407 e. The number of rotatable bonds is 10. The molecule has 0 saturated heterocycles. The number of fused-ring (bicyclic) bond motifs is 2. The van der Waals surface area contributed by atoms with Gasteiger partial charge in [0.05, 0.1) is 25.5 Å². The van der Waals surface area contributed by atoms with Gasteiger partial charge in [-0.25, -0.2) is 9.48 Å². The minimum Gasteiger partial charge on any atom is -0.477 e. The van der Waals surface area contributed by atoms with Crippen LogP contribution >= 0.6 is 0 Å². The first-order valence-electron chi connectivity index (χ1n) is 12.2. The lowest BCUT2D eigenvalue weighted by molar-refractivity contribution is 0.0113. The van der Waals surface area contributed by atoms with Crippen LogP contribution in [0, 0.1) is 23.7 Å². The fourth-order valence-corrected chi connectivity index (χ4v) is 5.03. The molecule has 1 heterocycles. The second kappa shape index (κ2) is 10.6. The molecule has 2 bridgehead atoms. The normalized spacial score (nSPS) is 24.5. The van der Waals surface area contributed by atoms with Crippen LogP contribution < -0.4 is 15.4 Å². The molecule has 3 fully saturated rings. The van der Waals surface area contributed by atoms with Crippen molar-refractivity contribution in [3.63, 3.8) is 0 Å². The lowest BCUT2D eigenvalue weighted by Gasteiger charge is -2.52. The van der Waals surface area contributed by atoms with Crippen LogP contribution in [0.5, 0.6) is 5.88 Å². The lowest BCUT2D eigenvalue weighted by atomic mass is 9.57. The second-order valence-electron chi connectivity index (χ2n) is 10.5. The van der Waals surface area contributed by atoms with Crippen LogP contribution in [0.1, 0.15) is 77.1 Å². The number of methoxy groups -OCH3 is 1. The van der Waals surface area contributed by atoms with Gasteiger partial charge in [-0.2, -0.15) is 5.10 Å². The Bertz CT molecular complexity index is 849. The molecule has 3 aliphatic rings. The summed E-state index contributed by atoms with van der Waals surface area (Å²) >= 11 is 0. The minimum atomic E-state index is -0.671. The molecule has 8 nitrogen and oxygen atoms in total. The molecule has 1 aromatic rings. The highest BCUT2D eigenvalue weighted by atomic mass is 16.5. The van der Waals surface area contributed by atoms with Gasteiger partial charge in [0.1, 0.15) is 5.56 Å². The predicted octanol–water partition coefficient (Wildman–Crippen LogP) is 4.47. The predicted molar refractivity (Wildman–Crippen MR) is 128 cm³/mol. The Labute approximate surface area is 197 Å². The third-order valence-electron chi connectivity index (χ3n) is 6.68. The molecule has 1 aromatic heterocycles. The van der Waals surface area contributed by atoms with E-state index in [-0.39, 0.29) is 11.9 Å². The Morgan fingerprint density at radius 3 is 2.58 bits per heavy atom. The molecule has 4 rings (SSSR count). The molecule has 0 radical (unpaired) electrons. The van der Waals surface area contributed by atoms with Crippen molar-refractivity contribution in [1.82, 2.24) is 20.4 Å². The van der Waals surface area contributed by atoms with E-state index in [2.05, 4.69) is 41.2 Å². The molecule has 2 atom stereocenters. The number of hydrogen-bond acceptors (Lipinski definition) is 5. The van der Waals surface area contributed by atoms with Crippen LogP contribution in [0.2, 0.25) is 0 Å². The summed E-state index contributed by atoms with van der Waals surface area (Å²) < 4.78 is 12.2. The maximum absolute atomic E-state index is 13.2. The zero-order valence-electron chi connectivity index (χ0n) is 20.9. The molecule has 0 spiro atoms. The van der Waals surface area contributed by atoms with E-state index >= 15 is 0 Å². The summed E-state index contributed by atoms with van der Waals surface area (Å²) in [5, 5.41) is 10.4. The number of carbonyl (C=O) groups excluding carboxylic acids is 2. The van der Waals surface area contributed by atoms with E-state index in [4.69, 9.17) is 4.74 Å². The van der Waals surface area contributed by atoms with Crippen molar-refractivity contribution in [2.45, 2.75) is 78.3 Å². The standard InChI is InChI=1S/C25H40N4O4/c1-7-8-17-11-18-13-19(12-17)21(18)27-22(30)20-14-26-29(23(20)33-15-16(2)3)10-9-25(4,5)28-24(31)32-6/h9-10,14,16-19,21H,7-8,11-13,15H2,1-6H3,(H,27,30)(H,28,31)/b10-9+. The monoisotopic (exact) mass is 460 g/mol. The van der Waals surface area contributed by atoms with Crippen molar-refractivity contribution in [3.8, 4) is 5.88 Å². The zero-order valence-corrected chi connectivity index (χ0v) is 20.9. The van der Waals surface area contributed by atoms with Gasteiger partial charge in [-0.15, -0.1) is 0 Å². The summed E-state index contributed by atoms with van der Waals surface area (Å²) in [7, 11) is 1.33. The first-order valence-corrected chi connectivity index (χ1v) is 12.2. The van der Waals surface area contributed by atoms with E-state index in [9.17, 15) is 9.59 Å². The third kappa shape index (κ3) is 6.30. The number of nitrogens with one attached hydrogen (secondary N) is 2. The summed E-state index contributed by atoms with van der Waals surface area (Å²) in [5.41, 5.74) is -0.232. The van der Waals surface area contributed by atoms with Gasteiger partial charge in [0.2, 0.25) is 5.88 Å². The number of hydrogen-bond donors (Lipinski definition) is 2. The largest absolute Gasteiger partial charge is 0.477 e. The minimum absolute atomic E-state index is 0.131. The van der Waals surface area contributed by atoms with Gasteiger partial charge in [0, 0.05) is 12.2 Å². The van der Waals surface area contributed by atoms with Gasteiger partial charge in [0.15, 0.2) is 0 Å². The number of aromatic nitrogens is 2. The van der Waals surface area contributed by atoms with Gasteiger partial charge < -0.3 is 20.1 Å². The van der Waals surface area contributed by atoms with E-state index in [0.717, 1.165) is 5.92 Å². The highest BCUT2D eigenvalue weighted by molar-refractivity contribution is 5.96. The van der Waals surface area contributed by atoms with Gasteiger partial charge >= 0.3 is 6.09 Å². The Morgan fingerprint density at radius 2 is 1.97 bits per heavy atom. The van der Waals surface area contributed by atoms with E-state index in [1.807, 2.05) is 13.8 Å². The molecule has 0 aromatic carbocycles. The van der Waals surface area contributed by atoms with Crippen LogP contribution in [0.25, 0.3) is 6.20 Å². The fourth-order valence-electron chi connectivity index (χ4n) is 5.03. The molecule has 0 aliphatic heterocycles. The average molecular weight is 461 g/mol. The number of carbonyl (C=O) groups is 2. The van der Waals surface area contributed by atoms with Gasteiger partial charge in [-0.05, 0) is 62.9 Å². The number of amides is 2. The fraction of sp³-hybridized carbons (Fsp3) is 0.720. The molecule has 8 heteroatoms. The van der Waals surface area contributed by atoms with Crippen molar-refractivity contribution < 1.29 is 19.1 Å². The van der Waals surface area contributed by atoms with Gasteiger partial charge in [0.25, 0.3) is 5.91 Å². The second-order valence-corrected chi connectivity index (χ2v) is 10.5. The third-order valence-corrected chi connectivity index (χ3v) is 6.68. The van der Waals surface area contributed by atoms with Crippen LogP contribution in [0.15, 0.2) is 12.3 Å². The summed E-state index contributed by atoms with van der Waals surface area (Å²) in [5.74, 6) is 2.57. The first-order chi connectivity index (χ1) is 15.6. The number of ether oxygens (including phenoxy) is 2. The Hall–Kier alpha value is -2.51. The van der Waals surface area contributed by atoms with Crippen molar-refractivity contribution in [1.29, 1.82) is 0 Å². The highest BCUT2D eigenvalue weighted by Crippen LogP contribution is 2.49. The maximum atomic E-state index is 13.2. The molecular weight excluding hydrogens is 420 g/mol. The first kappa shape index (κ1) is 25.1. The topological polar surface area (TPSA) is 94.5 Å². The quantitative estimate of drug-likeness (QED) is 0.537. The summed E-state index contributed by atoms with van der Waals surface area (Å²) in [6, 6.07) is 0.255. The SMILES string of the molecule is CCCC1CC2CC(C1)C2NC(=O)c1cnn(/C=C/C(C)(C)NC(=O)OC)c1OCC(C)C. The molecule has 33 heavy (non-hydrogen) atoms. The van der Waals surface area contributed by atoms with Crippen molar-refractivity contribution >= 4 is 18.2 Å². The molecule has 2 unspecified atom stereocenters.